The van der Waals surface area contributed by atoms with Crippen LogP contribution in [0.1, 0.15) is 20.8 Å². The molecule has 23 heavy (non-hydrogen) atoms. The molecule has 0 bridgehead atoms. The van der Waals surface area contributed by atoms with Gasteiger partial charge in [-0.2, -0.15) is 0 Å². The highest BCUT2D eigenvalue weighted by Crippen LogP contribution is 2.22. The number of hydrogen-bond acceptors (Lipinski definition) is 2. The van der Waals surface area contributed by atoms with Crippen molar-refractivity contribution < 1.29 is 9.59 Å². The number of nitrogens with zero attached hydrogens (tertiary/aromatic N) is 1. The minimum absolute atomic E-state index is 0.215. The quantitative estimate of drug-likeness (QED) is 0.687. The fourth-order valence-electron chi connectivity index (χ4n) is 2.16. The van der Waals surface area contributed by atoms with Crippen molar-refractivity contribution in [1.82, 2.24) is 9.55 Å². The summed E-state index contributed by atoms with van der Waals surface area (Å²) in [5, 5.41) is 3.01. The van der Waals surface area contributed by atoms with Crippen LogP contribution in [0.15, 0.2) is 55.0 Å². The molecule has 1 aromatic carbocycles. The van der Waals surface area contributed by atoms with Crippen LogP contribution >= 0.6 is 11.6 Å². The first-order chi connectivity index (χ1) is 11.0. The molecule has 2 aromatic heterocycles. The van der Waals surface area contributed by atoms with Gasteiger partial charge in [0.2, 0.25) is 0 Å². The van der Waals surface area contributed by atoms with E-state index in [0.29, 0.717) is 16.3 Å². The van der Waals surface area contributed by atoms with E-state index in [1.807, 2.05) is 35.2 Å². The number of benzene rings is 1. The maximum atomic E-state index is 12.4. The Morgan fingerprint density at radius 3 is 2.57 bits per heavy atom. The number of carbonyl (C=O) groups excluding carboxylic acids is 2. The standard InChI is InChI=1S/C16H13ClN4O2/c17-13-4-3-11(21-5-1-2-6-21)8-12(13)16(23)20-10-7-14(15(18)22)19-9-10/h1-9,19H,(H2,18,22)(H,20,23). The van der Waals surface area contributed by atoms with Crippen molar-refractivity contribution in [3.8, 4) is 5.69 Å². The van der Waals surface area contributed by atoms with Crippen LogP contribution in [0.5, 0.6) is 0 Å². The molecule has 3 aromatic rings. The largest absolute Gasteiger partial charge is 0.364 e. The van der Waals surface area contributed by atoms with Gasteiger partial charge in [0.15, 0.2) is 0 Å². The lowest BCUT2D eigenvalue weighted by atomic mass is 10.2. The maximum Gasteiger partial charge on any atom is 0.265 e. The molecular weight excluding hydrogens is 316 g/mol. The van der Waals surface area contributed by atoms with E-state index >= 15 is 0 Å². The minimum Gasteiger partial charge on any atom is -0.364 e. The molecule has 0 fully saturated rings. The van der Waals surface area contributed by atoms with E-state index in [0.717, 1.165) is 5.69 Å². The van der Waals surface area contributed by atoms with Crippen molar-refractivity contribution in [2.24, 2.45) is 5.73 Å². The van der Waals surface area contributed by atoms with Crippen molar-refractivity contribution in [2.75, 3.05) is 5.32 Å². The van der Waals surface area contributed by atoms with Crippen LogP contribution in [-0.4, -0.2) is 21.4 Å². The van der Waals surface area contributed by atoms with Crippen molar-refractivity contribution >= 4 is 29.1 Å². The molecule has 0 radical (unpaired) electrons. The predicted octanol–water partition coefficient (Wildman–Crippen LogP) is 2.81. The topological polar surface area (TPSA) is 92.9 Å². The Morgan fingerprint density at radius 1 is 1.17 bits per heavy atom. The summed E-state index contributed by atoms with van der Waals surface area (Å²) in [7, 11) is 0. The molecule has 0 saturated heterocycles. The number of nitrogens with two attached hydrogens (primary N) is 1. The summed E-state index contributed by atoms with van der Waals surface area (Å²) in [4.78, 5) is 26.1. The molecule has 4 N–H and O–H groups in total. The molecule has 0 aliphatic heterocycles. The molecule has 2 heterocycles. The SMILES string of the molecule is NC(=O)c1cc(NC(=O)c2cc(-n3cccc3)ccc2Cl)c[nH]1. The molecule has 3 rings (SSSR count). The highest BCUT2D eigenvalue weighted by Gasteiger charge is 2.13. The molecule has 2 amide bonds. The van der Waals surface area contributed by atoms with E-state index in [4.69, 9.17) is 17.3 Å². The van der Waals surface area contributed by atoms with Gasteiger partial charge in [-0.15, -0.1) is 0 Å². The van der Waals surface area contributed by atoms with Gasteiger partial charge in [-0.05, 0) is 36.4 Å². The Balaban J connectivity index is 1.86. The average molecular weight is 329 g/mol. The molecule has 0 aliphatic carbocycles. The first kappa shape index (κ1) is 14.9. The van der Waals surface area contributed by atoms with Crippen LogP contribution in [-0.2, 0) is 0 Å². The van der Waals surface area contributed by atoms with Crippen molar-refractivity contribution in [3.63, 3.8) is 0 Å². The first-order valence-corrected chi connectivity index (χ1v) is 7.15. The molecule has 0 saturated carbocycles. The highest BCUT2D eigenvalue weighted by molar-refractivity contribution is 6.34. The van der Waals surface area contributed by atoms with Crippen LogP contribution in [0.3, 0.4) is 0 Å². The molecule has 6 nitrogen and oxygen atoms in total. The fraction of sp³-hybridized carbons (Fsp3) is 0. The van der Waals surface area contributed by atoms with Crippen LogP contribution in [0.25, 0.3) is 5.69 Å². The van der Waals surface area contributed by atoms with Crippen LogP contribution in [0.4, 0.5) is 5.69 Å². The van der Waals surface area contributed by atoms with Gasteiger partial charge in [-0.1, -0.05) is 11.6 Å². The van der Waals surface area contributed by atoms with Gasteiger partial charge in [0, 0.05) is 24.3 Å². The van der Waals surface area contributed by atoms with Crippen LogP contribution in [0, 0.1) is 0 Å². The average Bonchev–Trinajstić information content (AvgIpc) is 3.18. The van der Waals surface area contributed by atoms with Gasteiger partial charge in [0.25, 0.3) is 11.8 Å². The maximum absolute atomic E-state index is 12.4. The number of carbonyl (C=O) groups is 2. The molecule has 0 spiro atoms. The lowest BCUT2D eigenvalue weighted by Gasteiger charge is -2.09. The third kappa shape index (κ3) is 3.12. The van der Waals surface area contributed by atoms with Crippen LogP contribution < -0.4 is 11.1 Å². The predicted molar refractivity (Wildman–Crippen MR) is 88.0 cm³/mol. The molecule has 116 valence electrons. The second kappa shape index (κ2) is 6.02. The number of anilines is 1. The van der Waals surface area contributed by atoms with Gasteiger partial charge in [-0.3, -0.25) is 9.59 Å². The molecule has 7 heteroatoms. The van der Waals surface area contributed by atoms with E-state index in [1.54, 1.807) is 12.1 Å². The summed E-state index contributed by atoms with van der Waals surface area (Å²) < 4.78 is 1.87. The van der Waals surface area contributed by atoms with Gasteiger partial charge in [0.1, 0.15) is 5.69 Å². The summed E-state index contributed by atoms with van der Waals surface area (Å²) in [5.74, 6) is -0.975. The van der Waals surface area contributed by atoms with Crippen molar-refractivity contribution in [3.05, 3.63) is 71.3 Å². The summed E-state index contributed by atoms with van der Waals surface area (Å²) in [5.41, 5.74) is 6.96. The Hall–Kier alpha value is -2.99. The van der Waals surface area contributed by atoms with Crippen LogP contribution in [0.2, 0.25) is 5.02 Å². The lowest BCUT2D eigenvalue weighted by molar-refractivity contribution is 0.0993. The number of aromatic nitrogens is 2. The summed E-state index contributed by atoms with van der Waals surface area (Å²) in [6.07, 6.45) is 5.23. The van der Waals surface area contributed by atoms with E-state index in [1.165, 1.54) is 12.3 Å². The Morgan fingerprint density at radius 2 is 1.91 bits per heavy atom. The number of aromatic amines is 1. The summed E-state index contributed by atoms with van der Waals surface area (Å²) in [6.45, 7) is 0. The lowest BCUT2D eigenvalue weighted by Crippen LogP contribution is -2.13. The number of primary amides is 1. The third-order valence-corrected chi connectivity index (χ3v) is 3.63. The van der Waals surface area contributed by atoms with E-state index in [-0.39, 0.29) is 11.6 Å². The molecule has 0 aliphatic rings. The van der Waals surface area contributed by atoms with Gasteiger partial charge in [0.05, 0.1) is 16.3 Å². The van der Waals surface area contributed by atoms with Crippen molar-refractivity contribution in [2.45, 2.75) is 0 Å². The Bertz CT molecular complexity index is 868. The number of halogens is 1. The zero-order valence-corrected chi connectivity index (χ0v) is 12.7. The van der Waals surface area contributed by atoms with Gasteiger partial charge < -0.3 is 20.6 Å². The zero-order valence-electron chi connectivity index (χ0n) is 11.9. The normalized spacial score (nSPS) is 10.5. The van der Waals surface area contributed by atoms with Gasteiger partial charge >= 0.3 is 0 Å². The highest BCUT2D eigenvalue weighted by atomic mass is 35.5. The monoisotopic (exact) mass is 328 g/mol. The second-order valence-electron chi connectivity index (χ2n) is 4.87. The zero-order chi connectivity index (χ0) is 16.4. The number of nitrogens with one attached hydrogen (secondary N) is 2. The number of H-pyrrole nitrogens is 1. The third-order valence-electron chi connectivity index (χ3n) is 3.30. The fourth-order valence-corrected chi connectivity index (χ4v) is 2.37. The van der Waals surface area contributed by atoms with Crippen molar-refractivity contribution in [1.29, 1.82) is 0 Å². The number of hydrogen-bond donors (Lipinski definition) is 3. The van der Waals surface area contributed by atoms with E-state index in [9.17, 15) is 9.59 Å². The number of rotatable bonds is 4. The Kier molecular flexibility index (Phi) is 3.91. The summed E-state index contributed by atoms with van der Waals surface area (Å²) in [6, 6.07) is 10.4. The molecule has 0 atom stereocenters. The van der Waals surface area contributed by atoms with E-state index < -0.39 is 5.91 Å². The Labute approximate surface area is 136 Å². The first-order valence-electron chi connectivity index (χ1n) is 6.77. The minimum atomic E-state index is -0.599. The number of amides is 2. The van der Waals surface area contributed by atoms with E-state index in [2.05, 4.69) is 10.3 Å². The summed E-state index contributed by atoms with van der Waals surface area (Å²) >= 11 is 6.12. The van der Waals surface area contributed by atoms with Gasteiger partial charge in [-0.25, -0.2) is 0 Å². The smallest absolute Gasteiger partial charge is 0.265 e. The molecule has 0 unspecified atom stereocenters. The molecular formula is C16H13ClN4O2. The second-order valence-corrected chi connectivity index (χ2v) is 5.28.